The number of nitrogen functional groups attached to an aromatic ring is 1. The number of hydrogen-bond acceptors (Lipinski definition) is 4. The van der Waals surface area contributed by atoms with Crippen LogP contribution in [0.5, 0.6) is 0 Å². The van der Waals surface area contributed by atoms with Crippen LogP contribution in [0.1, 0.15) is 5.56 Å². The van der Waals surface area contributed by atoms with E-state index in [4.69, 9.17) is 17.3 Å². The molecule has 2 aromatic rings. The molecule has 0 bridgehead atoms. The molecule has 4 nitrogen and oxygen atoms in total. The lowest BCUT2D eigenvalue weighted by atomic mass is 10.2. The van der Waals surface area contributed by atoms with Crippen molar-refractivity contribution in [3.05, 3.63) is 63.2 Å². The molecule has 19 heavy (non-hydrogen) atoms. The normalized spacial score (nSPS) is 10.4. The Morgan fingerprint density at radius 2 is 2.05 bits per heavy atom. The Morgan fingerprint density at radius 1 is 1.26 bits per heavy atom. The topological polar surface area (TPSA) is 69.2 Å². The average Bonchev–Trinajstić information content (AvgIpc) is 2.40. The van der Waals surface area contributed by atoms with E-state index in [0.29, 0.717) is 16.5 Å². The molecule has 0 aliphatic carbocycles. The van der Waals surface area contributed by atoms with E-state index in [2.05, 4.69) is 0 Å². The monoisotopic (exact) mass is 294 g/mol. The zero-order chi connectivity index (χ0) is 13.8. The van der Waals surface area contributed by atoms with Crippen molar-refractivity contribution in [2.24, 2.45) is 0 Å². The molecule has 0 spiro atoms. The van der Waals surface area contributed by atoms with Gasteiger partial charge in [-0.3, -0.25) is 10.1 Å². The zero-order valence-corrected chi connectivity index (χ0v) is 11.4. The fraction of sp³-hybridized carbons (Fsp3) is 0.0769. The summed E-state index contributed by atoms with van der Waals surface area (Å²) in [6, 6.07) is 11.8. The summed E-state index contributed by atoms with van der Waals surface area (Å²) in [6.07, 6.45) is 0. The van der Waals surface area contributed by atoms with Gasteiger partial charge in [-0.1, -0.05) is 23.7 Å². The predicted octanol–water partition coefficient (Wildman–Crippen LogP) is 4.12. The predicted molar refractivity (Wildman–Crippen MR) is 78.5 cm³/mol. The van der Waals surface area contributed by atoms with Crippen LogP contribution in [-0.2, 0) is 5.75 Å². The summed E-state index contributed by atoms with van der Waals surface area (Å²) >= 11 is 7.41. The molecule has 6 heteroatoms. The van der Waals surface area contributed by atoms with E-state index in [1.54, 1.807) is 30.3 Å². The van der Waals surface area contributed by atoms with Crippen molar-refractivity contribution in [1.82, 2.24) is 0 Å². The molecule has 0 atom stereocenters. The number of nitrogens with zero attached hydrogens (tertiary/aromatic N) is 1. The number of thioether (sulfide) groups is 1. The van der Waals surface area contributed by atoms with Crippen LogP contribution in [0.2, 0.25) is 5.02 Å². The highest BCUT2D eigenvalue weighted by atomic mass is 35.5. The molecule has 2 rings (SSSR count). The van der Waals surface area contributed by atoms with Gasteiger partial charge in [-0.05, 0) is 23.8 Å². The lowest BCUT2D eigenvalue weighted by molar-refractivity contribution is -0.384. The Hall–Kier alpha value is -1.72. The average molecular weight is 295 g/mol. The molecule has 98 valence electrons. The Bertz CT molecular complexity index is 619. The smallest absolute Gasteiger partial charge is 0.269 e. The van der Waals surface area contributed by atoms with Gasteiger partial charge in [-0.25, -0.2) is 0 Å². The summed E-state index contributed by atoms with van der Waals surface area (Å²) in [4.78, 5) is 11.2. The number of anilines is 1. The fourth-order valence-electron chi connectivity index (χ4n) is 1.55. The Kier molecular flexibility index (Phi) is 4.29. The SMILES string of the molecule is Nc1ccc(Cl)cc1SCc1cccc([N+](=O)[O-])c1. The minimum atomic E-state index is -0.401. The number of nitrogens with two attached hydrogens (primary N) is 1. The molecule has 0 saturated heterocycles. The van der Waals surface area contributed by atoms with E-state index < -0.39 is 4.92 Å². The highest BCUT2D eigenvalue weighted by Crippen LogP contribution is 2.31. The van der Waals surface area contributed by atoms with E-state index in [0.717, 1.165) is 10.5 Å². The minimum absolute atomic E-state index is 0.0946. The summed E-state index contributed by atoms with van der Waals surface area (Å²) in [5.41, 5.74) is 7.46. The Balaban J connectivity index is 2.12. The van der Waals surface area contributed by atoms with Crippen LogP contribution in [-0.4, -0.2) is 4.92 Å². The summed E-state index contributed by atoms with van der Waals surface area (Å²) in [5.74, 6) is 0.603. The van der Waals surface area contributed by atoms with Gasteiger partial charge >= 0.3 is 0 Å². The maximum Gasteiger partial charge on any atom is 0.269 e. The lowest BCUT2D eigenvalue weighted by Crippen LogP contribution is -1.91. The molecule has 0 unspecified atom stereocenters. The molecule has 0 saturated carbocycles. The lowest BCUT2D eigenvalue weighted by Gasteiger charge is -2.06. The first-order valence-corrected chi connectivity index (χ1v) is 6.84. The second-order valence-corrected chi connectivity index (χ2v) is 5.35. The second kappa shape index (κ2) is 5.95. The van der Waals surface area contributed by atoms with Crippen LogP contribution in [0.15, 0.2) is 47.4 Å². The Labute approximate surface area is 119 Å². The van der Waals surface area contributed by atoms with E-state index >= 15 is 0 Å². The highest BCUT2D eigenvalue weighted by molar-refractivity contribution is 7.98. The van der Waals surface area contributed by atoms with Gasteiger partial charge in [0.1, 0.15) is 0 Å². The molecule has 0 aliphatic heterocycles. The molecular formula is C13H11ClN2O2S. The molecular weight excluding hydrogens is 284 g/mol. The third-order valence-corrected chi connectivity index (χ3v) is 3.87. The first kappa shape index (κ1) is 13.7. The van der Waals surface area contributed by atoms with Crippen molar-refractivity contribution < 1.29 is 4.92 Å². The maximum atomic E-state index is 10.7. The van der Waals surface area contributed by atoms with Gasteiger partial charge in [-0.15, -0.1) is 11.8 Å². The first-order chi connectivity index (χ1) is 9.06. The van der Waals surface area contributed by atoms with Crippen molar-refractivity contribution in [1.29, 1.82) is 0 Å². The van der Waals surface area contributed by atoms with Crippen molar-refractivity contribution in [2.45, 2.75) is 10.6 Å². The maximum absolute atomic E-state index is 10.7. The van der Waals surface area contributed by atoms with Crippen molar-refractivity contribution >= 4 is 34.7 Å². The number of halogens is 1. The van der Waals surface area contributed by atoms with E-state index in [1.165, 1.54) is 17.8 Å². The molecule has 0 aromatic heterocycles. The highest BCUT2D eigenvalue weighted by Gasteiger charge is 2.07. The third-order valence-electron chi connectivity index (χ3n) is 2.49. The number of rotatable bonds is 4. The van der Waals surface area contributed by atoms with Gasteiger partial charge in [0.25, 0.3) is 5.69 Å². The molecule has 0 radical (unpaired) electrons. The molecule has 2 aromatic carbocycles. The molecule has 0 heterocycles. The van der Waals surface area contributed by atoms with Gasteiger partial charge in [-0.2, -0.15) is 0 Å². The zero-order valence-electron chi connectivity index (χ0n) is 9.88. The molecule has 0 aliphatic rings. The van der Waals surface area contributed by atoms with Gasteiger partial charge in [0.2, 0.25) is 0 Å². The van der Waals surface area contributed by atoms with Crippen LogP contribution < -0.4 is 5.73 Å². The van der Waals surface area contributed by atoms with Crippen LogP contribution in [0, 0.1) is 10.1 Å². The Morgan fingerprint density at radius 3 is 2.79 bits per heavy atom. The van der Waals surface area contributed by atoms with E-state index in [9.17, 15) is 10.1 Å². The van der Waals surface area contributed by atoms with Gasteiger partial charge < -0.3 is 5.73 Å². The minimum Gasteiger partial charge on any atom is -0.398 e. The summed E-state index contributed by atoms with van der Waals surface area (Å²) < 4.78 is 0. The van der Waals surface area contributed by atoms with E-state index in [-0.39, 0.29) is 5.69 Å². The number of benzene rings is 2. The standard InChI is InChI=1S/C13H11ClN2O2S/c14-10-4-5-12(15)13(7-10)19-8-9-2-1-3-11(6-9)16(17)18/h1-7H,8,15H2. The van der Waals surface area contributed by atoms with Crippen LogP contribution >= 0.6 is 23.4 Å². The van der Waals surface area contributed by atoms with E-state index in [1.807, 2.05) is 6.07 Å². The van der Waals surface area contributed by atoms with Crippen molar-refractivity contribution in [3.63, 3.8) is 0 Å². The number of hydrogen-bond donors (Lipinski definition) is 1. The number of non-ortho nitro benzene ring substituents is 1. The third kappa shape index (κ3) is 3.62. The fourth-order valence-corrected chi connectivity index (χ4v) is 2.74. The molecule has 0 fully saturated rings. The van der Waals surface area contributed by atoms with Crippen LogP contribution in [0.25, 0.3) is 0 Å². The summed E-state index contributed by atoms with van der Waals surface area (Å²) in [5, 5.41) is 11.3. The van der Waals surface area contributed by atoms with Gasteiger partial charge in [0, 0.05) is 33.5 Å². The van der Waals surface area contributed by atoms with Crippen molar-refractivity contribution in [2.75, 3.05) is 5.73 Å². The second-order valence-electron chi connectivity index (χ2n) is 3.90. The first-order valence-electron chi connectivity index (χ1n) is 5.47. The van der Waals surface area contributed by atoms with Gasteiger partial charge in [0.15, 0.2) is 0 Å². The largest absolute Gasteiger partial charge is 0.398 e. The molecule has 2 N–H and O–H groups in total. The van der Waals surface area contributed by atoms with Crippen molar-refractivity contribution in [3.8, 4) is 0 Å². The van der Waals surface area contributed by atoms with Crippen LogP contribution in [0.4, 0.5) is 11.4 Å². The number of nitro benzene ring substituents is 1. The van der Waals surface area contributed by atoms with Crippen LogP contribution in [0.3, 0.4) is 0 Å². The summed E-state index contributed by atoms with van der Waals surface area (Å²) in [7, 11) is 0. The quantitative estimate of drug-likeness (QED) is 0.398. The summed E-state index contributed by atoms with van der Waals surface area (Å²) in [6.45, 7) is 0. The van der Waals surface area contributed by atoms with Gasteiger partial charge in [0.05, 0.1) is 4.92 Å². The number of nitro groups is 1. The molecule has 0 amide bonds.